The molecule has 0 aromatic heterocycles. The number of methoxy groups -OCH3 is 1. The number of ether oxygens (including phenoxy) is 3. The van der Waals surface area contributed by atoms with Gasteiger partial charge < -0.3 is 19.5 Å². The van der Waals surface area contributed by atoms with Crippen molar-refractivity contribution in [1.82, 2.24) is 5.32 Å². The maximum absolute atomic E-state index is 12.4. The number of benzene rings is 2. The second kappa shape index (κ2) is 6.20. The highest BCUT2D eigenvalue weighted by Gasteiger charge is 2.17. The Morgan fingerprint density at radius 2 is 1.96 bits per heavy atom. The molecule has 5 heteroatoms. The molecule has 1 heterocycles. The molecule has 2 aromatic carbocycles. The highest BCUT2D eigenvalue weighted by atomic mass is 16.7. The van der Waals surface area contributed by atoms with Crippen LogP contribution in [0.1, 0.15) is 34.5 Å². The zero-order chi connectivity index (χ0) is 16.4. The molecule has 0 saturated carbocycles. The summed E-state index contributed by atoms with van der Waals surface area (Å²) < 4.78 is 15.9. The molecule has 1 atom stereocenters. The number of rotatable bonds is 4. The van der Waals surface area contributed by atoms with Crippen LogP contribution in [0.3, 0.4) is 0 Å². The predicted molar refractivity (Wildman–Crippen MR) is 86.2 cm³/mol. The average molecular weight is 313 g/mol. The summed E-state index contributed by atoms with van der Waals surface area (Å²) in [6.45, 7) is 4.11. The molecule has 0 spiro atoms. The first-order valence-electron chi connectivity index (χ1n) is 7.43. The Labute approximate surface area is 135 Å². The lowest BCUT2D eigenvalue weighted by Gasteiger charge is -2.15. The van der Waals surface area contributed by atoms with E-state index in [9.17, 15) is 4.79 Å². The van der Waals surface area contributed by atoms with Crippen molar-refractivity contribution in [1.29, 1.82) is 0 Å². The SMILES string of the molecule is COc1cc(C(=O)NC(C)c2ccc3c(c2)OCO3)ccc1C. The number of aryl methyl sites for hydroxylation is 1. The number of nitrogens with one attached hydrogen (secondary N) is 1. The van der Waals surface area contributed by atoms with E-state index >= 15 is 0 Å². The molecule has 0 bridgehead atoms. The van der Waals surface area contributed by atoms with Crippen LogP contribution < -0.4 is 19.5 Å². The van der Waals surface area contributed by atoms with Crippen molar-refractivity contribution in [3.8, 4) is 17.2 Å². The summed E-state index contributed by atoms with van der Waals surface area (Å²) in [4.78, 5) is 12.4. The first kappa shape index (κ1) is 15.2. The van der Waals surface area contributed by atoms with Gasteiger partial charge in [-0.2, -0.15) is 0 Å². The second-order valence-corrected chi connectivity index (χ2v) is 5.49. The van der Waals surface area contributed by atoms with Crippen molar-refractivity contribution in [3.63, 3.8) is 0 Å². The fourth-order valence-electron chi connectivity index (χ4n) is 2.51. The van der Waals surface area contributed by atoms with Crippen molar-refractivity contribution in [2.75, 3.05) is 13.9 Å². The minimum atomic E-state index is -0.149. The standard InChI is InChI=1S/C18H19NO4/c1-11-4-5-14(9-16(11)21-3)18(20)19-12(2)13-6-7-15-17(8-13)23-10-22-15/h4-9,12H,10H2,1-3H3,(H,19,20). The third-order valence-electron chi connectivity index (χ3n) is 3.91. The summed E-state index contributed by atoms with van der Waals surface area (Å²) in [5.41, 5.74) is 2.52. The molecule has 5 nitrogen and oxygen atoms in total. The van der Waals surface area contributed by atoms with Gasteiger partial charge in [0.1, 0.15) is 5.75 Å². The van der Waals surface area contributed by atoms with Gasteiger partial charge in [-0.05, 0) is 49.2 Å². The average Bonchev–Trinajstić information content (AvgIpc) is 3.02. The molecule has 3 rings (SSSR count). The van der Waals surface area contributed by atoms with Crippen LogP contribution in [0, 0.1) is 6.92 Å². The molecule has 0 aliphatic carbocycles. The molecular weight excluding hydrogens is 294 g/mol. The monoisotopic (exact) mass is 313 g/mol. The third kappa shape index (κ3) is 3.08. The molecule has 120 valence electrons. The van der Waals surface area contributed by atoms with Gasteiger partial charge >= 0.3 is 0 Å². The Kier molecular flexibility index (Phi) is 4.10. The van der Waals surface area contributed by atoms with Crippen molar-refractivity contribution in [3.05, 3.63) is 53.1 Å². The Bertz CT molecular complexity index is 742. The fraction of sp³-hybridized carbons (Fsp3) is 0.278. The highest BCUT2D eigenvalue weighted by molar-refractivity contribution is 5.95. The molecule has 1 aliphatic heterocycles. The van der Waals surface area contributed by atoms with Gasteiger partial charge in [0.15, 0.2) is 11.5 Å². The van der Waals surface area contributed by atoms with Gasteiger partial charge in [-0.1, -0.05) is 12.1 Å². The first-order chi connectivity index (χ1) is 11.1. The quantitative estimate of drug-likeness (QED) is 0.941. The zero-order valence-electron chi connectivity index (χ0n) is 13.4. The molecule has 1 unspecified atom stereocenters. The summed E-state index contributed by atoms with van der Waals surface area (Å²) in [6, 6.07) is 10.9. The summed E-state index contributed by atoms with van der Waals surface area (Å²) in [7, 11) is 1.60. The van der Waals surface area contributed by atoms with E-state index in [-0.39, 0.29) is 18.7 Å². The molecule has 1 amide bonds. The highest BCUT2D eigenvalue weighted by Crippen LogP contribution is 2.34. The van der Waals surface area contributed by atoms with Crippen molar-refractivity contribution in [2.45, 2.75) is 19.9 Å². The van der Waals surface area contributed by atoms with Gasteiger partial charge in [-0.25, -0.2) is 0 Å². The van der Waals surface area contributed by atoms with E-state index in [1.165, 1.54) is 0 Å². The summed E-state index contributed by atoms with van der Waals surface area (Å²) in [5.74, 6) is 2.00. The molecule has 23 heavy (non-hydrogen) atoms. The van der Waals surface area contributed by atoms with Crippen LogP contribution in [0.15, 0.2) is 36.4 Å². The van der Waals surface area contributed by atoms with Crippen LogP contribution in [-0.4, -0.2) is 19.8 Å². The lowest BCUT2D eigenvalue weighted by atomic mass is 10.1. The number of hydrogen-bond acceptors (Lipinski definition) is 4. The van der Waals surface area contributed by atoms with Gasteiger partial charge in [0.05, 0.1) is 13.2 Å². The number of carbonyl (C=O) groups excluding carboxylic acids is 1. The fourth-order valence-corrected chi connectivity index (χ4v) is 2.51. The number of hydrogen-bond donors (Lipinski definition) is 1. The van der Waals surface area contributed by atoms with Gasteiger partial charge in [0.2, 0.25) is 6.79 Å². The van der Waals surface area contributed by atoms with E-state index in [1.54, 1.807) is 19.2 Å². The molecule has 0 fully saturated rings. The van der Waals surface area contributed by atoms with Crippen LogP contribution in [0.5, 0.6) is 17.2 Å². The van der Waals surface area contributed by atoms with E-state index in [4.69, 9.17) is 14.2 Å². The maximum Gasteiger partial charge on any atom is 0.251 e. The predicted octanol–water partition coefficient (Wildman–Crippen LogP) is 3.22. The van der Waals surface area contributed by atoms with Crippen molar-refractivity contribution >= 4 is 5.91 Å². The molecule has 1 N–H and O–H groups in total. The topological polar surface area (TPSA) is 56.8 Å². The van der Waals surface area contributed by atoms with Gasteiger partial charge in [-0.15, -0.1) is 0 Å². The van der Waals surface area contributed by atoms with Crippen LogP contribution >= 0.6 is 0 Å². The third-order valence-corrected chi connectivity index (χ3v) is 3.91. The van der Waals surface area contributed by atoms with Gasteiger partial charge in [0, 0.05) is 5.56 Å². The summed E-state index contributed by atoms with van der Waals surface area (Å²) in [5, 5.41) is 2.98. The van der Waals surface area contributed by atoms with Crippen molar-refractivity contribution in [2.24, 2.45) is 0 Å². The Morgan fingerprint density at radius 3 is 2.74 bits per heavy atom. The number of carbonyl (C=O) groups is 1. The lowest BCUT2D eigenvalue weighted by Crippen LogP contribution is -2.26. The van der Waals surface area contributed by atoms with Crippen LogP contribution in [0.2, 0.25) is 0 Å². The van der Waals surface area contributed by atoms with Gasteiger partial charge in [-0.3, -0.25) is 4.79 Å². The minimum Gasteiger partial charge on any atom is -0.496 e. The van der Waals surface area contributed by atoms with Crippen LogP contribution in [0.25, 0.3) is 0 Å². The Balaban J connectivity index is 1.74. The van der Waals surface area contributed by atoms with E-state index in [0.717, 1.165) is 16.9 Å². The van der Waals surface area contributed by atoms with E-state index in [2.05, 4.69) is 5.32 Å². The molecular formula is C18H19NO4. The normalized spacial score (nSPS) is 13.5. The number of fused-ring (bicyclic) bond motifs is 1. The van der Waals surface area contributed by atoms with E-state index < -0.39 is 0 Å². The Hall–Kier alpha value is -2.69. The molecule has 0 radical (unpaired) electrons. The van der Waals surface area contributed by atoms with Crippen LogP contribution in [0.4, 0.5) is 0 Å². The van der Waals surface area contributed by atoms with E-state index in [1.807, 2.05) is 38.1 Å². The molecule has 1 aliphatic rings. The van der Waals surface area contributed by atoms with Crippen molar-refractivity contribution < 1.29 is 19.0 Å². The largest absolute Gasteiger partial charge is 0.496 e. The smallest absolute Gasteiger partial charge is 0.251 e. The molecule has 0 saturated heterocycles. The molecule has 2 aromatic rings. The minimum absolute atomic E-state index is 0.145. The maximum atomic E-state index is 12.4. The summed E-state index contributed by atoms with van der Waals surface area (Å²) in [6.07, 6.45) is 0. The van der Waals surface area contributed by atoms with Crippen LogP contribution in [-0.2, 0) is 0 Å². The second-order valence-electron chi connectivity index (χ2n) is 5.49. The van der Waals surface area contributed by atoms with E-state index in [0.29, 0.717) is 17.1 Å². The first-order valence-corrected chi connectivity index (χ1v) is 7.43. The zero-order valence-corrected chi connectivity index (χ0v) is 13.4. The Morgan fingerprint density at radius 1 is 1.17 bits per heavy atom. The lowest BCUT2D eigenvalue weighted by molar-refractivity contribution is 0.0939. The number of amides is 1. The summed E-state index contributed by atoms with van der Waals surface area (Å²) >= 11 is 0. The van der Waals surface area contributed by atoms with Gasteiger partial charge in [0.25, 0.3) is 5.91 Å².